The molecule has 11 heteroatoms. The van der Waals surface area contributed by atoms with Crippen molar-refractivity contribution < 1.29 is 19.1 Å². The number of rotatable bonds is 10. The molecule has 5 atom stereocenters. The zero-order chi connectivity index (χ0) is 23.7. The number of nitrogens with zero attached hydrogens (tertiary/aromatic N) is 2. The van der Waals surface area contributed by atoms with Gasteiger partial charge < -0.3 is 20.4 Å². The number of hydrogen-bond acceptors (Lipinski definition) is 6. The van der Waals surface area contributed by atoms with Crippen LogP contribution in [-0.2, 0) is 14.1 Å². The predicted octanol–water partition coefficient (Wildman–Crippen LogP) is 2.05. The van der Waals surface area contributed by atoms with Gasteiger partial charge >= 0.3 is 7.12 Å². The van der Waals surface area contributed by atoms with E-state index in [2.05, 4.69) is 44.9 Å². The lowest BCUT2D eigenvalue weighted by molar-refractivity contribution is -0.525. The summed E-state index contributed by atoms with van der Waals surface area (Å²) in [6, 6.07) is 0. The predicted molar refractivity (Wildman–Crippen MR) is 122 cm³/mol. The van der Waals surface area contributed by atoms with Crippen LogP contribution in [0.5, 0.6) is 0 Å². The minimum atomic E-state index is -0.755. The van der Waals surface area contributed by atoms with Crippen molar-refractivity contribution in [2.75, 3.05) is 6.54 Å². The van der Waals surface area contributed by atoms with Crippen molar-refractivity contribution in [2.45, 2.75) is 90.8 Å². The normalized spacial score (nSPS) is 31.6. The van der Waals surface area contributed by atoms with Crippen LogP contribution in [0.2, 0.25) is 0 Å². The molecule has 1 saturated heterocycles. The Balaban J connectivity index is 1.50. The quantitative estimate of drug-likeness (QED) is 0.115. The van der Waals surface area contributed by atoms with Gasteiger partial charge in [-0.25, -0.2) is 15.1 Å². The Morgan fingerprint density at radius 3 is 2.66 bits per heavy atom. The highest BCUT2D eigenvalue weighted by Crippen LogP contribution is 2.65. The smallest absolute Gasteiger partial charge is 0.404 e. The Labute approximate surface area is 190 Å². The number of guanidine groups is 1. The Kier molecular flexibility index (Phi) is 7.39. The number of carbonyl (C=O) groups is 1. The van der Waals surface area contributed by atoms with Crippen LogP contribution in [0.4, 0.5) is 0 Å². The van der Waals surface area contributed by atoms with Crippen molar-refractivity contribution in [2.24, 2.45) is 33.9 Å². The summed E-state index contributed by atoms with van der Waals surface area (Å²) in [6.07, 6.45) is 4.65. The van der Waals surface area contributed by atoms with Gasteiger partial charge in [0.05, 0.1) is 17.6 Å². The number of unbranched alkanes of at least 4 members (excludes halogenated alkanes) is 1. The highest BCUT2D eigenvalue weighted by Gasteiger charge is 2.68. The third-order valence-electron chi connectivity index (χ3n) is 7.67. The van der Waals surface area contributed by atoms with Crippen LogP contribution in [0.1, 0.15) is 73.1 Å². The first-order chi connectivity index (χ1) is 14.9. The fraction of sp³-hybridized carbons (Fsp3) is 0.905. The summed E-state index contributed by atoms with van der Waals surface area (Å²) in [5.74, 6) is 1.08. The molecule has 1 heterocycles. The van der Waals surface area contributed by atoms with E-state index in [1.807, 2.05) is 0 Å². The first-order valence-electron chi connectivity index (χ1n) is 11.8. The summed E-state index contributed by atoms with van der Waals surface area (Å²) in [5.41, 5.74) is 7.16. The van der Waals surface area contributed by atoms with E-state index in [4.69, 9.17) is 15.0 Å². The van der Waals surface area contributed by atoms with Gasteiger partial charge in [-0.15, -0.1) is 0 Å². The molecule has 0 radical (unpaired) electrons. The van der Waals surface area contributed by atoms with Gasteiger partial charge in [0, 0.05) is 13.0 Å². The molecule has 2 bridgehead atoms. The second-order valence-corrected chi connectivity index (χ2v) is 10.7. The van der Waals surface area contributed by atoms with E-state index in [1.165, 1.54) is 6.42 Å². The number of aliphatic imine (C=N–C) groups is 1. The summed E-state index contributed by atoms with van der Waals surface area (Å²) in [4.78, 5) is 26.8. The van der Waals surface area contributed by atoms with Crippen molar-refractivity contribution in [3.8, 4) is 0 Å². The summed E-state index contributed by atoms with van der Waals surface area (Å²) < 4.78 is 13.0. The fourth-order valence-electron chi connectivity index (χ4n) is 5.82. The number of hydrazine groups is 1. The molecule has 0 spiro atoms. The fourth-order valence-corrected chi connectivity index (χ4v) is 5.82. The third kappa shape index (κ3) is 5.19. The molecule has 0 aromatic rings. The van der Waals surface area contributed by atoms with Crippen LogP contribution in [0.3, 0.4) is 0 Å². The molecule has 1 aliphatic heterocycles. The van der Waals surface area contributed by atoms with E-state index in [1.54, 1.807) is 5.43 Å². The van der Waals surface area contributed by atoms with Crippen LogP contribution < -0.4 is 16.5 Å². The minimum Gasteiger partial charge on any atom is -0.404 e. The molecule has 4 N–H and O–H groups in total. The molecule has 1 amide bonds. The number of nitrogens with two attached hydrogens (primary N) is 1. The van der Waals surface area contributed by atoms with Crippen LogP contribution >= 0.6 is 0 Å². The number of nitrogens with one attached hydrogen (secondary N) is 2. The topological polar surface area (TPSA) is 141 Å². The molecular formula is C21H38BN5O5. The maximum absolute atomic E-state index is 12.6. The zero-order valence-corrected chi connectivity index (χ0v) is 19.9. The summed E-state index contributed by atoms with van der Waals surface area (Å²) >= 11 is 0. The first kappa shape index (κ1) is 24.8. The van der Waals surface area contributed by atoms with E-state index in [0.717, 1.165) is 12.8 Å². The lowest BCUT2D eigenvalue weighted by atomic mass is 9.43. The monoisotopic (exact) mass is 451 g/mol. The van der Waals surface area contributed by atoms with Crippen LogP contribution in [-0.4, -0.2) is 48.2 Å². The van der Waals surface area contributed by atoms with E-state index in [-0.39, 0.29) is 34.9 Å². The average Bonchev–Trinajstić information content (AvgIpc) is 3.03. The first-order valence-corrected chi connectivity index (χ1v) is 11.8. The van der Waals surface area contributed by atoms with Crippen molar-refractivity contribution in [3.63, 3.8) is 0 Å². The Bertz CT molecular complexity index is 748. The van der Waals surface area contributed by atoms with Gasteiger partial charge in [0.25, 0.3) is 5.96 Å². The van der Waals surface area contributed by atoms with Gasteiger partial charge in [-0.1, -0.05) is 33.1 Å². The summed E-state index contributed by atoms with van der Waals surface area (Å²) in [6.45, 7) is 11.4. The van der Waals surface area contributed by atoms with E-state index in [0.29, 0.717) is 43.6 Å². The van der Waals surface area contributed by atoms with Gasteiger partial charge in [0.2, 0.25) is 5.91 Å². The SMILES string of the molecule is CC(C)C[C@H](NC(=O)CCCCN=C(N)N[N+](=O)[O-])B1O[C@@H]2C[C@@H]3C[C@@H](C3(C)C)[C@]2(C)O1. The number of nitro groups is 1. The van der Waals surface area contributed by atoms with Gasteiger partial charge in [0.15, 0.2) is 5.03 Å². The van der Waals surface area contributed by atoms with Crippen molar-refractivity contribution in [1.82, 2.24) is 10.7 Å². The number of carbonyl (C=O) groups excluding carboxylic acids is 1. The molecule has 180 valence electrons. The molecule has 3 saturated carbocycles. The molecule has 3 aliphatic carbocycles. The molecule has 0 aromatic carbocycles. The molecule has 4 rings (SSSR count). The standard InChI is InChI=1S/C21H38BN5O5/c1-13(2)10-17(25-18(28)8-6-7-9-24-19(23)26-27(29)30)22-31-16-12-14-11-15(20(14,3)4)21(16,5)32-22/h13-17H,6-12H2,1-5H3,(H,25,28)(H3,23,24,26)/t14-,15-,16+,17-,21-/m0/s1. The number of amides is 1. The van der Waals surface area contributed by atoms with E-state index < -0.39 is 12.2 Å². The maximum Gasteiger partial charge on any atom is 0.481 e. The maximum atomic E-state index is 12.6. The second-order valence-electron chi connectivity index (χ2n) is 10.7. The van der Waals surface area contributed by atoms with Gasteiger partial charge in [-0.3, -0.25) is 4.79 Å². The van der Waals surface area contributed by atoms with Gasteiger partial charge in [0.1, 0.15) is 0 Å². The van der Waals surface area contributed by atoms with Gasteiger partial charge in [-0.05, 0) is 62.2 Å². The van der Waals surface area contributed by atoms with Crippen LogP contribution in [0.25, 0.3) is 0 Å². The number of hydrogen-bond donors (Lipinski definition) is 3. The third-order valence-corrected chi connectivity index (χ3v) is 7.67. The lowest BCUT2D eigenvalue weighted by Gasteiger charge is -2.64. The van der Waals surface area contributed by atoms with Crippen molar-refractivity contribution >= 4 is 19.0 Å². The lowest BCUT2D eigenvalue weighted by Crippen LogP contribution is -2.65. The highest BCUT2D eigenvalue weighted by molar-refractivity contribution is 6.47. The molecule has 10 nitrogen and oxygen atoms in total. The van der Waals surface area contributed by atoms with Crippen molar-refractivity contribution in [1.29, 1.82) is 0 Å². The zero-order valence-electron chi connectivity index (χ0n) is 19.9. The van der Waals surface area contributed by atoms with Gasteiger partial charge in [-0.2, -0.15) is 0 Å². The second kappa shape index (κ2) is 9.55. The average molecular weight is 451 g/mol. The molecular weight excluding hydrogens is 413 g/mol. The largest absolute Gasteiger partial charge is 0.481 e. The van der Waals surface area contributed by atoms with Crippen LogP contribution in [0.15, 0.2) is 4.99 Å². The summed E-state index contributed by atoms with van der Waals surface area (Å²) in [7, 11) is -0.427. The Morgan fingerprint density at radius 1 is 1.31 bits per heavy atom. The Morgan fingerprint density at radius 2 is 2.03 bits per heavy atom. The highest BCUT2D eigenvalue weighted by atomic mass is 16.7. The minimum absolute atomic E-state index is 0.0483. The molecule has 4 aliphatic rings. The molecule has 32 heavy (non-hydrogen) atoms. The molecule has 0 unspecified atom stereocenters. The van der Waals surface area contributed by atoms with Crippen LogP contribution in [0, 0.1) is 33.3 Å². The summed E-state index contributed by atoms with van der Waals surface area (Å²) in [5, 5.41) is 12.7. The van der Waals surface area contributed by atoms with E-state index in [9.17, 15) is 14.9 Å². The van der Waals surface area contributed by atoms with E-state index >= 15 is 0 Å². The molecule has 4 fully saturated rings. The molecule has 0 aromatic heterocycles. The van der Waals surface area contributed by atoms with Crippen molar-refractivity contribution in [3.05, 3.63) is 10.1 Å². The Hall–Kier alpha value is -1.88.